The van der Waals surface area contributed by atoms with Gasteiger partial charge in [0.2, 0.25) is 0 Å². The van der Waals surface area contributed by atoms with Gasteiger partial charge in [0.15, 0.2) is 0 Å². The number of rotatable bonds is 2. The highest BCUT2D eigenvalue weighted by atomic mass is 16.1. The number of hydrogen-bond donors (Lipinski definition) is 2. The number of benzene rings is 1. The van der Waals surface area contributed by atoms with Crippen molar-refractivity contribution in [2.24, 2.45) is 5.73 Å². The van der Waals surface area contributed by atoms with Gasteiger partial charge >= 0.3 is 0 Å². The molecule has 0 radical (unpaired) electrons. The third kappa shape index (κ3) is 3.91. The lowest BCUT2D eigenvalue weighted by atomic mass is 10.1. The first-order valence-corrected chi connectivity index (χ1v) is 6.63. The highest BCUT2D eigenvalue weighted by Gasteiger charge is 2.08. The Labute approximate surface area is 124 Å². The lowest BCUT2D eigenvalue weighted by Gasteiger charge is -2.09. The molecule has 0 unspecified atom stereocenters. The smallest absolute Gasteiger partial charge is 0.257 e. The molecule has 1 heterocycles. The molecule has 2 rings (SSSR count). The van der Waals surface area contributed by atoms with E-state index in [0.717, 1.165) is 16.8 Å². The minimum Gasteiger partial charge on any atom is -0.322 e. The largest absolute Gasteiger partial charge is 0.322 e. The van der Waals surface area contributed by atoms with Gasteiger partial charge in [0.1, 0.15) is 0 Å². The molecule has 0 aliphatic rings. The van der Waals surface area contributed by atoms with Crippen LogP contribution in [-0.4, -0.2) is 17.4 Å². The lowest BCUT2D eigenvalue weighted by molar-refractivity contribution is 0.102. The second kappa shape index (κ2) is 6.69. The Kier molecular flexibility index (Phi) is 4.70. The molecule has 106 valence electrons. The number of carbonyl (C=O) groups is 1. The summed E-state index contributed by atoms with van der Waals surface area (Å²) in [6, 6.07) is 7.64. The van der Waals surface area contributed by atoms with Gasteiger partial charge in [-0.15, -0.1) is 0 Å². The minimum atomic E-state index is -0.201. The molecule has 0 fully saturated rings. The van der Waals surface area contributed by atoms with Crippen molar-refractivity contribution in [1.29, 1.82) is 0 Å². The monoisotopic (exact) mass is 279 g/mol. The molecule has 4 nitrogen and oxygen atoms in total. The number of aryl methyl sites for hydroxylation is 2. The number of nitrogens with zero attached hydrogens (tertiary/aromatic N) is 1. The zero-order valence-electron chi connectivity index (χ0n) is 12.1. The van der Waals surface area contributed by atoms with Gasteiger partial charge < -0.3 is 11.1 Å². The summed E-state index contributed by atoms with van der Waals surface area (Å²) in [7, 11) is 0. The Morgan fingerprint density at radius 3 is 2.86 bits per heavy atom. The molecule has 1 amide bonds. The van der Waals surface area contributed by atoms with Crippen LogP contribution in [0.5, 0.6) is 0 Å². The maximum Gasteiger partial charge on any atom is 0.257 e. The van der Waals surface area contributed by atoms with Gasteiger partial charge in [-0.3, -0.25) is 9.78 Å². The van der Waals surface area contributed by atoms with Crippen LogP contribution in [0.4, 0.5) is 5.69 Å². The molecule has 0 atom stereocenters. The van der Waals surface area contributed by atoms with Gasteiger partial charge in [0.25, 0.3) is 5.91 Å². The van der Waals surface area contributed by atoms with E-state index in [2.05, 4.69) is 22.1 Å². The minimum absolute atomic E-state index is 0.201. The van der Waals surface area contributed by atoms with Crippen LogP contribution in [0, 0.1) is 25.7 Å². The van der Waals surface area contributed by atoms with E-state index in [4.69, 9.17) is 5.73 Å². The quantitative estimate of drug-likeness (QED) is 0.829. The maximum atomic E-state index is 12.3. The molecule has 21 heavy (non-hydrogen) atoms. The summed E-state index contributed by atoms with van der Waals surface area (Å²) in [5, 5.41) is 2.90. The number of anilines is 1. The lowest BCUT2D eigenvalue weighted by Crippen LogP contribution is -2.13. The molecule has 0 bridgehead atoms. The van der Waals surface area contributed by atoms with E-state index >= 15 is 0 Å². The standard InChI is InChI=1S/C17H17N3O/c1-12-5-6-13(2)16(8-12)20-17(21)15-9-14(4-3-7-18)10-19-11-15/h5-6,8-11H,7,18H2,1-2H3,(H,20,21). The number of carbonyl (C=O) groups excluding carboxylic acids is 1. The van der Waals surface area contributed by atoms with Crippen molar-refractivity contribution in [3.8, 4) is 11.8 Å². The van der Waals surface area contributed by atoms with Crippen molar-refractivity contribution in [1.82, 2.24) is 4.98 Å². The molecule has 2 aromatic rings. The normalized spacial score (nSPS) is 9.67. The van der Waals surface area contributed by atoms with Crippen LogP contribution in [0.1, 0.15) is 27.0 Å². The summed E-state index contributed by atoms with van der Waals surface area (Å²) in [6.07, 6.45) is 3.13. The summed E-state index contributed by atoms with van der Waals surface area (Å²) in [4.78, 5) is 16.3. The zero-order valence-corrected chi connectivity index (χ0v) is 12.1. The number of amides is 1. The van der Waals surface area contributed by atoms with Crippen molar-refractivity contribution in [3.63, 3.8) is 0 Å². The summed E-state index contributed by atoms with van der Waals surface area (Å²) >= 11 is 0. The first kappa shape index (κ1) is 14.8. The summed E-state index contributed by atoms with van der Waals surface area (Å²) in [6.45, 7) is 4.22. The molecule has 1 aromatic heterocycles. The van der Waals surface area contributed by atoms with E-state index in [1.807, 2.05) is 32.0 Å². The number of nitrogens with two attached hydrogens (primary N) is 1. The van der Waals surface area contributed by atoms with Crippen molar-refractivity contribution in [2.45, 2.75) is 13.8 Å². The molecule has 0 aliphatic heterocycles. The van der Waals surface area contributed by atoms with Gasteiger partial charge in [-0.05, 0) is 37.1 Å². The van der Waals surface area contributed by atoms with Gasteiger partial charge in [-0.25, -0.2) is 0 Å². The highest BCUT2D eigenvalue weighted by Crippen LogP contribution is 2.17. The zero-order chi connectivity index (χ0) is 15.2. The summed E-state index contributed by atoms with van der Waals surface area (Å²) < 4.78 is 0. The van der Waals surface area contributed by atoms with Gasteiger partial charge in [-0.1, -0.05) is 24.0 Å². The first-order valence-electron chi connectivity index (χ1n) is 6.63. The van der Waals surface area contributed by atoms with Crippen LogP contribution < -0.4 is 11.1 Å². The summed E-state index contributed by atoms with van der Waals surface area (Å²) in [5.74, 6) is 5.41. The van der Waals surface area contributed by atoms with Gasteiger partial charge in [-0.2, -0.15) is 0 Å². The van der Waals surface area contributed by atoms with Crippen LogP contribution in [0.15, 0.2) is 36.7 Å². The Balaban J connectivity index is 2.22. The third-order valence-electron chi connectivity index (χ3n) is 2.98. The molecule has 0 saturated heterocycles. The van der Waals surface area contributed by atoms with Crippen molar-refractivity contribution < 1.29 is 4.79 Å². The number of aromatic nitrogens is 1. The summed E-state index contributed by atoms with van der Waals surface area (Å²) in [5.41, 5.74) is 9.39. The Bertz CT molecular complexity index is 726. The van der Waals surface area contributed by atoms with E-state index in [0.29, 0.717) is 11.1 Å². The van der Waals surface area contributed by atoms with Crippen LogP contribution in [0.25, 0.3) is 0 Å². The van der Waals surface area contributed by atoms with Gasteiger partial charge in [0, 0.05) is 23.6 Å². The Hall–Kier alpha value is -2.64. The van der Waals surface area contributed by atoms with Crippen molar-refractivity contribution in [3.05, 3.63) is 58.9 Å². The average molecular weight is 279 g/mol. The second-order valence-corrected chi connectivity index (χ2v) is 4.74. The van der Waals surface area contributed by atoms with Gasteiger partial charge in [0.05, 0.1) is 12.1 Å². The van der Waals surface area contributed by atoms with Crippen molar-refractivity contribution >= 4 is 11.6 Å². The van der Waals surface area contributed by atoms with Crippen LogP contribution in [0.2, 0.25) is 0 Å². The topological polar surface area (TPSA) is 68.0 Å². The average Bonchev–Trinajstić information content (AvgIpc) is 2.49. The fourth-order valence-electron chi connectivity index (χ4n) is 1.85. The molecule has 1 aromatic carbocycles. The molecule has 0 spiro atoms. The van der Waals surface area contributed by atoms with E-state index in [9.17, 15) is 4.79 Å². The molecular formula is C17H17N3O. The number of pyridine rings is 1. The SMILES string of the molecule is Cc1ccc(C)c(NC(=O)c2cncc(C#CCN)c2)c1. The molecule has 0 saturated carbocycles. The molecule has 0 aliphatic carbocycles. The number of nitrogens with one attached hydrogen (secondary N) is 1. The van der Waals surface area contributed by atoms with E-state index in [1.54, 1.807) is 12.3 Å². The first-order chi connectivity index (χ1) is 10.1. The molecule has 4 heteroatoms. The predicted octanol–water partition coefficient (Wildman–Crippen LogP) is 2.26. The molecule has 3 N–H and O–H groups in total. The Morgan fingerprint density at radius 1 is 1.29 bits per heavy atom. The van der Waals surface area contributed by atoms with E-state index in [-0.39, 0.29) is 12.5 Å². The van der Waals surface area contributed by atoms with E-state index < -0.39 is 0 Å². The van der Waals surface area contributed by atoms with Crippen LogP contribution in [0.3, 0.4) is 0 Å². The van der Waals surface area contributed by atoms with Crippen LogP contribution in [-0.2, 0) is 0 Å². The third-order valence-corrected chi connectivity index (χ3v) is 2.98. The molecular weight excluding hydrogens is 262 g/mol. The maximum absolute atomic E-state index is 12.3. The fourth-order valence-corrected chi connectivity index (χ4v) is 1.85. The van der Waals surface area contributed by atoms with E-state index in [1.165, 1.54) is 6.20 Å². The van der Waals surface area contributed by atoms with Crippen molar-refractivity contribution in [2.75, 3.05) is 11.9 Å². The predicted molar refractivity (Wildman–Crippen MR) is 84.0 cm³/mol. The fraction of sp³-hybridized carbons (Fsp3) is 0.176. The van der Waals surface area contributed by atoms with Crippen LogP contribution >= 0.6 is 0 Å². The highest BCUT2D eigenvalue weighted by molar-refractivity contribution is 6.04. The number of hydrogen-bond acceptors (Lipinski definition) is 3. The Morgan fingerprint density at radius 2 is 2.10 bits per heavy atom. The second-order valence-electron chi connectivity index (χ2n) is 4.74.